The molecular weight excluding hydrogens is 378 g/mol. The van der Waals surface area contributed by atoms with Gasteiger partial charge in [-0.3, -0.25) is 14.5 Å². The van der Waals surface area contributed by atoms with Crippen molar-refractivity contribution in [2.24, 2.45) is 5.73 Å². The van der Waals surface area contributed by atoms with Crippen LogP contribution >= 0.6 is 22.7 Å². The number of thiophene rings is 2. The molecule has 0 aliphatic carbocycles. The number of nitrogens with one attached hydrogen (secondary N) is 1. The van der Waals surface area contributed by atoms with Gasteiger partial charge < -0.3 is 11.1 Å². The molecule has 3 heterocycles. The molecule has 5 nitrogen and oxygen atoms in total. The van der Waals surface area contributed by atoms with Crippen LogP contribution in [-0.2, 0) is 11.2 Å². The fourth-order valence-electron chi connectivity index (χ4n) is 3.42. The maximum atomic E-state index is 12.6. The van der Waals surface area contributed by atoms with Gasteiger partial charge in [0.1, 0.15) is 0 Å². The average Bonchev–Trinajstić information content (AvgIpc) is 3.33. The Labute approximate surface area is 165 Å². The number of fused-ring (bicyclic) bond motifs is 1. The van der Waals surface area contributed by atoms with Gasteiger partial charge in [0.15, 0.2) is 0 Å². The predicted molar refractivity (Wildman–Crippen MR) is 109 cm³/mol. The van der Waals surface area contributed by atoms with Gasteiger partial charge in [-0.1, -0.05) is 6.07 Å². The fraction of sp³-hybridized carbons (Fsp3) is 0.200. The largest absolute Gasteiger partial charge is 0.366 e. The molecule has 3 N–H and O–H groups in total. The molecule has 4 rings (SSSR count). The lowest BCUT2D eigenvalue weighted by atomic mass is 9.98. The standard InChI is InChI=1S/C20H19N3O2S2/c21-20(25)13-3-5-14(6-4-13)22-18(24)12-23-9-7-16-15(8-11-27-16)19(23)17-2-1-10-26-17/h1-6,8,10-11,19H,7,9,12H2,(H2,21,25)(H,22,24)/t19-/m0/s1. The molecule has 1 aliphatic rings. The summed E-state index contributed by atoms with van der Waals surface area (Å²) in [5, 5.41) is 7.12. The quantitative estimate of drug-likeness (QED) is 0.692. The minimum Gasteiger partial charge on any atom is -0.366 e. The number of hydrogen-bond donors (Lipinski definition) is 2. The van der Waals surface area contributed by atoms with E-state index in [-0.39, 0.29) is 11.9 Å². The van der Waals surface area contributed by atoms with Crippen molar-refractivity contribution in [2.45, 2.75) is 12.5 Å². The van der Waals surface area contributed by atoms with Crippen LogP contribution in [0.1, 0.15) is 31.7 Å². The van der Waals surface area contributed by atoms with Gasteiger partial charge in [-0.05, 0) is 59.1 Å². The summed E-state index contributed by atoms with van der Waals surface area (Å²) in [4.78, 5) is 28.7. The van der Waals surface area contributed by atoms with Crippen molar-refractivity contribution < 1.29 is 9.59 Å². The average molecular weight is 398 g/mol. The van der Waals surface area contributed by atoms with Crippen molar-refractivity contribution in [1.29, 1.82) is 0 Å². The summed E-state index contributed by atoms with van der Waals surface area (Å²) in [7, 11) is 0. The normalized spacial score (nSPS) is 16.7. The summed E-state index contributed by atoms with van der Waals surface area (Å²) >= 11 is 3.52. The van der Waals surface area contributed by atoms with Crippen molar-refractivity contribution in [2.75, 3.05) is 18.4 Å². The first-order chi connectivity index (χ1) is 13.1. The number of rotatable bonds is 5. The molecule has 0 spiro atoms. The number of nitrogens with zero attached hydrogens (tertiary/aromatic N) is 1. The zero-order valence-corrected chi connectivity index (χ0v) is 16.2. The van der Waals surface area contributed by atoms with Gasteiger partial charge in [0.2, 0.25) is 11.8 Å². The van der Waals surface area contributed by atoms with Crippen molar-refractivity contribution >= 4 is 40.2 Å². The maximum Gasteiger partial charge on any atom is 0.248 e. The molecule has 0 bridgehead atoms. The van der Waals surface area contributed by atoms with E-state index in [2.05, 4.69) is 39.2 Å². The Kier molecular flexibility index (Phi) is 5.07. The Morgan fingerprint density at radius 3 is 2.63 bits per heavy atom. The fourth-order valence-corrected chi connectivity index (χ4v) is 5.20. The Morgan fingerprint density at radius 1 is 1.11 bits per heavy atom. The summed E-state index contributed by atoms with van der Waals surface area (Å²) in [6.45, 7) is 1.17. The molecule has 0 unspecified atom stereocenters. The molecule has 1 atom stereocenters. The van der Waals surface area contributed by atoms with Gasteiger partial charge in [-0.15, -0.1) is 22.7 Å². The zero-order chi connectivity index (χ0) is 18.8. The van der Waals surface area contributed by atoms with E-state index in [1.165, 1.54) is 15.3 Å². The van der Waals surface area contributed by atoms with Gasteiger partial charge in [-0.2, -0.15) is 0 Å². The van der Waals surface area contributed by atoms with Crippen LogP contribution in [0.25, 0.3) is 0 Å². The van der Waals surface area contributed by atoms with Crippen LogP contribution in [-0.4, -0.2) is 29.8 Å². The lowest BCUT2D eigenvalue weighted by Gasteiger charge is -2.34. The highest BCUT2D eigenvalue weighted by atomic mass is 32.1. The monoisotopic (exact) mass is 397 g/mol. The molecule has 0 radical (unpaired) electrons. The van der Waals surface area contributed by atoms with Crippen molar-refractivity contribution in [3.05, 3.63) is 74.1 Å². The third-order valence-electron chi connectivity index (χ3n) is 4.68. The number of anilines is 1. The van der Waals surface area contributed by atoms with Crippen LogP contribution in [0.15, 0.2) is 53.2 Å². The van der Waals surface area contributed by atoms with E-state index in [0.29, 0.717) is 17.8 Å². The van der Waals surface area contributed by atoms with E-state index in [4.69, 9.17) is 5.73 Å². The zero-order valence-electron chi connectivity index (χ0n) is 14.6. The molecule has 0 saturated heterocycles. The summed E-state index contributed by atoms with van der Waals surface area (Å²) in [5.74, 6) is -0.548. The highest BCUT2D eigenvalue weighted by Gasteiger charge is 2.31. The first-order valence-corrected chi connectivity index (χ1v) is 10.4. The molecule has 1 aromatic carbocycles. The van der Waals surface area contributed by atoms with Gasteiger partial charge in [0.25, 0.3) is 0 Å². The molecule has 1 aliphatic heterocycles. The lowest BCUT2D eigenvalue weighted by Crippen LogP contribution is -2.40. The van der Waals surface area contributed by atoms with E-state index < -0.39 is 5.91 Å². The number of nitrogens with two attached hydrogens (primary N) is 1. The molecule has 0 saturated carbocycles. The molecule has 138 valence electrons. The second-order valence-electron chi connectivity index (χ2n) is 6.43. The minimum atomic E-state index is -0.480. The van der Waals surface area contributed by atoms with E-state index in [1.807, 2.05) is 0 Å². The molecule has 0 fully saturated rings. The Morgan fingerprint density at radius 2 is 1.93 bits per heavy atom. The maximum absolute atomic E-state index is 12.6. The number of amides is 2. The molecule has 27 heavy (non-hydrogen) atoms. The number of hydrogen-bond acceptors (Lipinski definition) is 5. The molecular formula is C20H19N3O2S2. The topological polar surface area (TPSA) is 75.4 Å². The van der Waals surface area contributed by atoms with Crippen molar-refractivity contribution in [1.82, 2.24) is 4.90 Å². The molecule has 3 aromatic rings. The molecule has 7 heteroatoms. The Hall–Kier alpha value is -2.48. The first-order valence-electron chi connectivity index (χ1n) is 8.65. The number of carbonyl (C=O) groups is 2. The third-order valence-corrected chi connectivity index (χ3v) is 6.60. The smallest absolute Gasteiger partial charge is 0.248 e. The van der Waals surface area contributed by atoms with Gasteiger partial charge in [0.05, 0.1) is 12.6 Å². The highest BCUT2D eigenvalue weighted by molar-refractivity contribution is 7.10. The Balaban J connectivity index is 1.49. The predicted octanol–water partition coefficient (Wildman–Crippen LogP) is 3.49. The molecule has 2 amide bonds. The van der Waals surface area contributed by atoms with E-state index in [9.17, 15) is 9.59 Å². The Bertz CT molecular complexity index is 948. The summed E-state index contributed by atoms with van der Waals surface area (Å²) in [6, 6.07) is 13.1. The number of carbonyl (C=O) groups excluding carboxylic acids is 2. The number of benzene rings is 1. The van der Waals surface area contributed by atoms with E-state index >= 15 is 0 Å². The summed E-state index contributed by atoms with van der Waals surface area (Å²) in [5.41, 5.74) is 7.64. The van der Waals surface area contributed by atoms with Gasteiger partial charge >= 0.3 is 0 Å². The van der Waals surface area contributed by atoms with Crippen molar-refractivity contribution in [3.8, 4) is 0 Å². The van der Waals surface area contributed by atoms with Crippen LogP contribution in [0.3, 0.4) is 0 Å². The summed E-state index contributed by atoms with van der Waals surface area (Å²) < 4.78 is 0. The van der Waals surface area contributed by atoms with Gasteiger partial charge in [-0.25, -0.2) is 0 Å². The van der Waals surface area contributed by atoms with Crippen LogP contribution in [0.4, 0.5) is 5.69 Å². The minimum absolute atomic E-state index is 0.0675. The third kappa shape index (κ3) is 3.80. The van der Waals surface area contributed by atoms with Crippen LogP contribution in [0.2, 0.25) is 0 Å². The van der Waals surface area contributed by atoms with Crippen LogP contribution in [0, 0.1) is 0 Å². The SMILES string of the molecule is NC(=O)c1ccc(NC(=O)CN2CCc3sccc3[C@H]2c2cccs2)cc1. The lowest BCUT2D eigenvalue weighted by molar-refractivity contribution is -0.117. The van der Waals surface area contributed by atoms with Gasteiger partial charge in [0, 0.05) is 27.5 Å². The van der Waals surface area contributed by atoms with Crippen molar-refractivity contribution in [3.63, 3.8) is 0 Å². The molecule has 2 aromatic heterocycles. The van der Waals surface area contributed by atoms with Crippen LogP contribution in [0.5, 0.6) is 0 Å². The second-order valence-corrected chi connectivity index (χ2v) is 8.41. The second kappa shape index (κ2) is 7.64. The summed E-state index contributed by atoms with van der Waals surface area (Å²) in [6.07, 6.45) is 0.968. The van der Waals surface area contributed by atoms with Crippen LogP contribution < -0.4 is 11.1 Å². The highest BCUT2D eigenvalue weighted by Crippen LogP contribution is 2.39. The van der Waals surface area contributed by atoms with E-state index in [1.54, 1.807) is 46.9 Å². The number of primary amides is 1. The van der Waals surface area contributed by atoms with E-state index in [0.717, 1.165) is 13.0 Å². The first kappa shape index (κ1) is 17.9.